The summed E-state index contributed by atoms with van der Waals surface area (Å²) in [6.07, 6.45) is 1.64. The zero-order chi connectivity index (χ0) is 19.9. The first-order valence-electron chi connectivity index (χ1n) is 9.35. The molecule has 2 N–H and O–H groups in total. The van der Waals surface area contributed by atoms with Crippen molar-refractivity contribution in [2.75, 3.05) is 5.32 Å². The lowest BCUT2D eigenvalue weighted by Crippen LogP contribution is -2.38. The minimum Gasteiger partial charge on any atom is -0.311 e. The van der Waals surface area contributed by atoms with Gasteiger partial charge in [-0.1, -0.05) is 17.4 Å². The monoisotopic (exact) mass is 482 g/mol. The molecule has 1 aromatic carbocycles. The molecule has 166 valence electrons. The Morgan fingerprint density at radius 2 is 1.90 bits per heavy atom. The zero-order valence-corrected chi connectivity index (χ0v) is 18.6. The highest BCUT2D eigenvalue weighted by Crippen LogP contribution is 2.43. The van der Waals surface area contributed by atoms with Crippen molar-refractivity contribution in [3.05, 3.63) is 40.2 Å². The van der Waals surface area contributed by atoms with Gasteiger partial charge in [-0.25, -0.2) is 13.2 Å². The number of anilines is 1. The van der Waals surface area contributed by atoms with Crippen LogP contribution in [-0.4, -0.2) is 34.1 Å². The summed E-state index contributed by atoms with van der Waals surface area (Å²) in [5, 5.41) is 14.7. The summed E-state index contributed by atoms with van der Waals surface area (Å²) in [7, 11) is 0. The maximum atomic E-state index is 14.2. The third kappa shape index (κ3) is 5.84. The molecule has 2 fully saturated rings. The normalized spacial score (nSPS) is 22.5. The van der Waals surface area contributed by atoms with Crippen molar-refractivity contribution in [1.29, 1.82) is 0 Å². The molecule has 1 heterocycles. The SMILES string of the molecule is Cc1nnc(NC(=O)c2cc([C@@H]3C[C@H]3NC3CCC(F)(F)CC3)ccc2F)s1.Cl.Cl. The van der Waals surface area contributed by atoms with E-state index in [1.165, 1.54) is 17.4 Å². The second-order valence-corrected chi connectivity index (χ2v) is 8.75. The van der Waals surface area contributed by atoms with Crippen molar-refractivity contribution >= 4 is 47.2 Å². The summed E-state index contributed by atoms with van der Waals surface area (Å²) < 4.78 is 40.7. The second-order valence-electron chi connectivity index (χ2n) is 7.57. The molecule has 2 saturated carbocycles. The lowest BCUT2D eigenvalue weighted by molar-refractivity contribution is -0.0405. The number of halogens is 5. The first kappa shape index (κ1) is 24.8. The van der Waals surface area contributed by atoms with Crippen molar-refractivity contribution in [3.8, 4) is 0 Å². The van der Waals surface area contributed by atoms with E-state index < -0.39 is 17.6 Å². The smallest absolute Gasteiger partial charge is 0.260 e. The number of amides is 1. The molecule has 1 aromatic heterocycles. The van der Waals surface area contributed by atoms with Gasteiger partial charge in [-0.2, -0.15) is 0 Å². The van der Waals surface area contributed by atoms with E-state index in [-0.39, 0.29) is 61.2 Å². The molecule has 0 unspecified atom stereocenters. The predicted octanol–water partition coefficient (Wildman–Crippen LogP) is 5.10. The van der Waals surface area contributed by atoms with Crippen LogP contribution in [0.15, 0.2) is 18.2 Å². The minimum absolute atomic E-state index is 0. The average Bonchev–Trinajstić information content (AvgIpc) is 3.29. The van der Waals surface area contributed by atoms with Crippen molar-refractivity contribution in [3.63, 3.8) is 0 Å². The summed E-state index contributed by atoms with van der Waals surface area (Å²) in [6.45, 7) is 1.77. The highest BCUT2D eigenvalue weighted by atomic mass is 35.5. The Labute approximate surface area is 189 Å². The Balaban J connectivity index is 0.00000160. The lowest BCUT2D eigenvalue weighted by atomic mass is 9.92. The van der Waals surface area contributed by atoms with Crippen molar-refractivity contribution in [2.24, 2.45) is 0 Å². The van der Waals surface area contributed by atoms with Crippen LogP contribution < -0.4 is 10.6 Å². The van der Waals surface area contributed by atoms with Crippen LogP contribution in [0.3, 0.4) is 0 Å². The van der Waals surface area contributed by atoms with Gasteiger partial charge < -0.3 is 5.32 Å². The van der Waals surface area contributed by atoms with Gasteiger partial charge >= 0.3 is 0 Å². The average molecular weight is 483 g/mol. The molecule has 1 amide bonds. The van der Waals surface area contributed by atoms with Crippen LogP contribution in [0.4, 0.5) is 18.3 Å². The quantitative estimate of drug-likeness (QED) is 0.621. The second kappa shape index (κ2) is 9.80. The third-order valence-corrected chi connectivity index (χ3v) is 6.12. The first-order chi connectivity index (χ1) is 13.3. The molecule has 11 heteroatoms. The molecule has 4 rings (SSSR count). The summed E-state index contributed by atoms with van der Waals surface area (Å²) >= 11 is 1.22. The number of nitrogens with zero attached hydrogens (tertiary/aromatic N) is 2. The van der Waals surface area contributed by atoms with E-state index in [9.17, 15) is 18.0 Å². The van der Waals surface area contributed by atoms with E-state index >= 15 is 0 Å². The van der Waals surface area contributed by atoms with E-state index in [1.54, 1.807) is 19.1 Å². The highest BCUT2D eigenvalue weighted by molar-refractivity contribution is 7.15. The van der Waals surface area contributed by atoms with E-state index in [4.69, 9.17) is 0 Å². The predicted molar refractivity (Wildman–Crippen MR) is 115 cm³/mol. The number of hydrogen-bond donors (Lipinski definition) is 2. The van der Waals surface area contributed by atoms with Gasteiger partial charge in [0, 0.05) is 30.8 Å². The van der Waals surface area contributed by atoms with E-state index in [1.807, 2.05) is 0 Å². The number of carbonyl (C=O) groups excluding carboxylic acids is 1. The van der Waals surface area contributed by atoms with Crippen LogP contribution in [0.2, 0.25) is 0 Å². The number of alkyl halides is 2. The molecule has 0 spiro atoms. The summed E-state index contributed by atoms with van der Waals surface area (Å²) in [6, 6.07) is 4.83. The van der Waals surface area contributed by atoms with Crippen LogP contribution in [0.1, 0.15) is 59.0 Å². The maximum Gasteiger partial charge on any atom is 0.260 e. The van der Waals surface area contributed by atoms with Crippen LogP contribution in [-0.2, 0) is 0 Å². The van der Waals surface area contributed by atoms with E-state index in [0.29, 0.717) is 23.0 Å². The van der Waals surface area contributed by atoms with Crippen molar-refractivity contribution in [1.82, 2.24) is 15.5 Å². The number of nitrogens with one attached hydrogen (secondary N) is 2. The third-order valence-electron chi connectivity index (χ3n) is 5.37. The fourth-order valence-electron chi connectivity index (χ4n) is 3.72. The van der Waals surface area contributed by atoms with E-state index in [2.05, 4.69) is 20.8 Å². The number of benzene rings is 1. The molecule has 0 aliphatic heterocycles. The molecular formula is C19H23Cl2F3N4OS. The summed E-state index contributed by atoms with van der Waals surface area (Å²) in [4.78, 5) is 12.4. The molecule has 2 aliphatic carbocycles. The van der Waals surface area contributed by atoms with Gasteiger partial charge in [0.1, 0.15) is 10.8 Å². The maximum absolute atomic E-state index is 14.2. The number of aryl methyl sites for hydroxylation is 1. The first-order valence-corrected chi connectivity index (χ1v) is 10.2. The molecule has 0 saturated heterocycles. The zero-order valence-electron chi connectivity index (χ0n) is 16.2. The number of hydrogen-bond acceptors (Lipinski definition) is 5. The van der Waals surface area contributed by atoms with Gasteiger partial charge in [0.2, 0.25) is 11.1 Å². The van der Waals surface area contributed by atoms with Gasteiger partial charge in [0.25, 0.3) is 5.91 Å². The molecular weight excluding hydrogens is 460 g/mol. The molecule has 0 bridgehead atoms. The molecule has 2 atom stereocenters. The Morgan fingerprint density at radius 1 is 1.20 bits per heavy atom. The molecule has 2 aromatic rings. The summed E-state index contributed by atoms with van der Waals surface area (Å²) in [5.41, 5.74) is 0.840. The Hall–Kier alpha value is -1.42. The number of rotatable bonds is 5. The van der Waals surface area contributed by atoms with E-state index in [0.717, 1.165) is 12.0 Å². The van der Waals surface area contributed by atoms with Crippen LogP contribution in [0, 0.1) is 12.7 Å². The van der Waals surface area contributed by atoms with Crippen LogP contribution in [0.5, 0.6) is 0 Å². The minimum atomic E-state index is -2.54. The standard InChI is InChI=1S/C19H21F3N4OS.2ClH/c1-10-25-26-18(28-10)24-17(27)14-8-11(2-3-15(14)20)13-9-16(13)23-12-4-6-19(21,22)7-5-12;;/h2-3,8,12-13,16,23H,4-7,9H2,1H3,(H,24,26,27);2*1H/t13-,16+;;/m0../s1. The van der Waals surface area contributed by atoms with Gasteiger partial charge in [0.15, 0.2) is 0 Å². The van der Waals surface area contributed by atoms with Crippen LogP contribution >= 0.6 is 36.2 Å². The van der Waals surface area contributed by atoms with Crippen LogP contribution in [0.25, 0.3) is 0 Å². The fraction of sp³-hybridized carbons (Fsp3) is 0.526. The Morgan fingerprint density at radius 3 is 2.53 bits per heavy atom. The van der Waals surface area contributed by atoms with Gasteiger partial charge in [0.05, 0.1) is 5.56 Å². The van der Waals surface area contributed by atoms with Gasteiger partial charge in [-0.05, 0) is 43.9 Å². The fourth-order valence-corrected chi connectivity index (χ4v) is 4.30. The number of carbonyl (C=O) groups is 1. The van der Waals surface area contributed by atoms with Gasteiger partial charge in [-0.15, -0.1) is 35.0 Å². The summed E-state index contributed by atoms with van der Waals surface area (Å²) in [5.74, 6) is -3.53. The molecule has 0 radical (unpaired) electrons. The Bertz CT molecular complexity index is 888. The van der Waals surface area contributed by atoms with Crippen molar-refractivity contribution in [2.45, 2.75) is 63.0 Å². The Kier molecular flexibility index (Phi) is 8.12. The lowest BCUT2D eigenvalue weighted by Gasteiger charge is -2.29. The number of aromatic nitrogens is 2. The highest BCUT2D eigenvalue weighted by Gasteiger charge is 2.42. The largest absolute Gasteiger partial charge is 0.311 e. The topological polar surface area (TPSA) is 66.9 Å². The van der Waals surface area contributed by atoms with Gasteiger partial charge in [-0.3, -0.25) is 10.1 Å². The van der Waals surface area contributed by atoms with Crippen molar-refractivity contribution < 1.29 is 18.0 Å². The molecule has 2 aliphatic rings. The molecule has 30 heavy (non-hydrogen) atoms. The molecule has 5 nitrogen and oxygen atoms in total.